The van der Waals surface area contributed by atoms with Gasteiger partial charge in [-0.2, -0.15) is 0 Å². The van der Waals surface area contributed by atoms with E-state index in [2.05, 4.69) is 0 Å². The molecule has 0 aromatic carbocycles. The summed E-state index contributed by atoms with van der Waals surface area (Å²) >= 11 is 0. The summed E-state index contributed by atoms with van der Waals surface area (Å²) in [5, 5.41) is 0. The molecule has 0 bridgehead atoms. The first-order chi connectivity index (χ1) is 5.81. The van der Waals surface area contributed by atoms with Gasteiger partial charge in [-0.3, -0.25) is 0 Å². The minimum atomic E-state index is -3.60. The monoisotopic (exact) mass is 247 g/mol. The maximum Gasteiger partial charge on any atom is 0.233 e. The largest absolute Gasteiger partial charge is 0.233 e. The van der Waals surface area contributed by atoms with Crippen LogP contribution in [0.15, 0.2) is 0 Å². The van der Waals surface area contributed by atoms with Gasteiger partial charge >= 0.3 is 0 Å². The SMILES string of the molecule is O=S(=O)(Cl)CCN1CCCS1(=O)=O. The standard InChI is InChI=1S/C5H10ClNO4S2/c6-12(8,9)5-3-7-2-1-4-13(7,10)11/h1-5H2. The van der Waals surface area contributed by atoms with E-state index in [1.807, 2.05) is 0 Å². The smallest absolute Gasteiger partial charge is 0.212 e. The van der Waals surface area contributed by atoms with E-state index in [4.69, 9.17) is 10.7 Å². The maximum absolute atomic E-state index is 11.2. The van der Waals surface area contributed by atoms with Crippen molar-refractivity contribution in [2.45, 2.75) is 6.42 Å². The van der Waals surface area contributed by atoms with Crippen LogP contribution in [0.1, 0.15) is 6.42 Å². The van der Waals surface area contributed by atoms with Crippen LogP contribution in [0, 0.1) is 0 Å². The molecule has 0 radical (unpaired) electrons. The highest BCUT2D eigenvalue weighted by Gasteiger charge is 2.28. The van der Waals surface area contributed by atoms with Crippen LogP contribution in [-0.2, 0) is 19.1 Å². The molecule has 13 heavy (non-hydrogen) atoms. The Bertz CT molecular complexity index is 373. The van der Waals surface area contributed by atoms with Crippen molar-refractivity contribution in [3.05, 3.63) is 0 Å². The summed E-state index contributed by atoms with van der Waals surface area (Å²) in [6, 6.07) is 0. The Balaban J connectivity index is 2.57. The number of rotatable bonds is 3. The van der Waals surface area contributed by atoms with Gasteiger partial charge in [-0.1, -0.05) is 0 Å². The van der Waals surface area contributed by atoms with E-state index in [0.29, 0.717) is 13.0 Å². The Morgan fingerprint density at radius 1 is 1.38 bits per heavy atom. The maximum atomic E-state index is 11.2. The second-order valence-corrected chi connectivity index (χ2v) is 7.80. The van der Waals surface area contributed by atoms with Crippen LogP contribution >= 0.6 is 10.7 Å². The minimum Gasteiger partial charge on any atom is -0.212 e. The second kappa shape index (κ2) is 3.72. The van der Waals surface area contributed by atoms with Crippen LogP contribution in [-0.4, -0.2) is 45.7 Å². The molecule has 0 N–H and O–H groups in total. The van der Waals surface area contributed by atoms with Gasteiger partial charge in [0.2, 0.25) is 19.1 Å². The molecule has 0 aromatic rings. The summed E-state index contributed by atoms with van der Waals surface area (Å²) in [6.07, 6.45) is 0.560. The molecule has 1 rings (SSSR count). The van der Waals surface area contributed by atoms with Gasteiger partial charge in [-0.25, -0.2) is 21.1 Å². The van der Waals surface area contributed by atoms with E-state index in [-0.39, 0.29) is 18.1 Å². The number of nitrogens with zero attached hydrogens (tertiary/aromatic N) is 1. The average Bonchev–Trinajstić information content (AvgIpc) is 2.23. The molecule has 0 unspecified atom stereocenters. The van der Waals surface area contributed by atoms with Gasteiger partial charge in [0.05, 0.1) is 11.5 Å². The molecular formula is C5H10ClNO4S2. The van der Waals surface area contributed by atoms with Crippen molar-refractivity contribution in [2.75, 3.05) is 24.6 Å². The number of hydrogen-bond donors (Lipinski definition) is 0. The predicted octanol–water partition coefficient (Wildman–Crippen LogP) is -0.409. The zero-order valence-electron chi connectivity index (χ0n) is 6.81. The van der Waals surface area contributed by atoms with Crippen LogP contribution in [0.2, 0.25) is 0 Å². The molecule has 0 spiro atoms. The van der Waals surface area contributed by atoms with Crippen molar-refractivity contribution in [3.63, 3.8) is 0 Å². The zero-order valence-corrected chi connectivity index (χ0v) is 9.20. The van der Waals surface area contributed by atoms with Gasteiger partial charge in [0, 0.05) is 23.8 Å². The molecule has 8 heteroatoms. The Labute approximate surface area is 82.1 Å². The van der Waals surface area contributed by atoms with Gasteiger partial charge in [0.1, 0.15) is 0 Å². The highest BCUT2D eigenvalue weighted by atomic mass is 35.7. The fourth-order valence-corrected chi connectivity index (χ4v) is 3.44. The van der Waals surface area contributed by atoms with Gasteiger partial charge in [-0.15, -0.1) is 0 Å². The summed E-state index contributed by atoms with van der Waals surface area (Å²) < 4.78 is 44.6. The zero-order chi connectivity index (χ0) is 10.1. The lowest BCUT2D eigenvalue weighted by atomic mass is 10.5. The molecule has 1 aliphatic rings. The topological polar surface area (TPSA) is 71.5 Å². The quantitative estimate of drug-likeness (QED) is 0.636. The summed E-state index contributed by atoms with van der Waals surface area (Å²) in [5.41, 5.74) is 0. The molecule has 78 valence electrons. The molecule has 0 saturated carbocycles. The van der Waals surface area contributed by atoms with E-state index in [1.165, 1.54) is 0 Å². The Hall–Kier alpha value is 0.150. The normalized spacial score (nSPS) is 23.5. The van der Waals surface area contributed by atoms with Gasteiger partial charge in [0.25, 0.3) is 0 Å². The lowest BCUT2D eigenvalue weighted by Gasteiger charge is -2.11. The summed E-state index contributed by atoms with van der Waals surface area (Å²) in [5.74, 6) is -0.219. The van der Waals surface area contributed by atoms with Crippen LogP contribution in [0.4, 0.5) is 0 Å². The number of halogens is 1. The van der Waals surface area contributed by atoms with Crippen molar-refractivity contribution in [3.8, 4) is 0 Å². The highest BCUT2D eigenvalue weighted by molar-refractivity contribution is 8.13. The first-order valence-electron chi connectivity index (χ1n) is 3.71. The van der Waals surface area contributed by atoms with Crippen molar-refractivity contribution < 1.29 is 16.8 Å². The highest BCUT2D eigenvalue weighted by Crippen LogP contribution is 2.13. The summed E-state index contributed by atoms with van der Waals surface area (Å²) in [6.45, 7) is 0.364. The third-order valence-corrected chi connectivity index (χ3v) is 4.88. The molecule has 5 nitrogen and oxygen atoms in total. The Morgan fingerprint density at radius 2 is 2.00 bits per heavy atom. The minimum absolute atomic E-state index is 0.0336. The number of sulfonamides is 1. The average molecular weight is 248 g/mol. The van der Waals surface area contributed by atoms with E-state index in [1.54, 1.807) is 0 Å². The van der Waals surface area contributed by atoms with Crippen LogP contribution in [0.5, 0.6) is 0 Å². The lowest BCUT2D eigenvalue weighted by Crippen LogP contribution is -2.29. The fourth-order valence-electron chi connectivity index (χ4n) is 1.15. The van der Waals surface area contributed by atoms with Crippen LogP contribution < -0.4 is 0 Å². The van der Waals surface area contributed by atoms with Gasteiger partial charge < -0.3 is 0 Å². The molecule has 1 saturated heterocycles. The van der Waals surface area contributed by atoms with E-state index < -0.39 is 19.1 Å². The van der Waals surface area contributed by atoms with Crippen LogP contribution in [0.3, 0.4) is 0 Å². The predicted molar refractivity (Wildman–Crippen MR) is 49.6 cm³/mol. The number of hydrogen-bond acceptors (Lipinski definition) is 4. The Morgan fingerprint density at radius 3 is 2.38 bits per heavy atom. The van der Waals surface area contributed by atoms with E-state index in [0.717, 1.165) is 4.31 Å². The molecule has 1 fully saturated rings. The molecule has 0 aliphatic carbocycles. The second-order valence-electron chi connectivity index (χ2n) is 2.81. The van der Waals surface area contributed by atoms with Crippen molar-refractivity contribution in [1.29, 1.82) is 0 Å². The first kappa shape index (κ1) is 11.2. The molecule has 0 amide bonds. The van der Waals surface area contributed by atoms with Gasteiger partial charge in [-0.05, 0) is 6.42 Å². The van der Waals surface area contributed by atoms with E-state index in [9.17, 15) is 16.8 Å². The molecule has 1 aliphatic heterocycles. The van der Waals surface area contributed by atoms with Crippen LogP contribution in [0.25, 0.3) is 0 Å². The molecule has 0 atom stereocenters. The fraction of sp³-hybridized carbons (Fsp3) is 1.00. The molecule has 0 aromatic heterocycles. The summed E-state index contributed by atoms with van der Waals surface area (Å²) in [4.78, 5) is 0. The first-order valence-corrected chi connectivity index (χ1v) is 7.80. The third kappa shape index (κ3) is 3.41. The van der Waals surface area contributed by atoms with Crippen molar-refractivity contribution >= 4 is 29.8 Å². The summed E-state index contributed by atoms with van der Waals surface area (Å²) in [7, 11) is -1.84. The van der Waals surface area contributed by atoms with Crippen molar-refractivity contribution in [2.24, 2.45) is 0 Å². The lowest BCUT2D eigenvalue weighted by molar-refractivity contribution is 0.462. The third-order valence-electron chi connectivity index (χ3n) is 1.79. The Kier molecular flexibility index (Phi) is 3.21. The van der Waals surface area contributed by atoms with Crippen molar-refractivity contribution in [1.82, 2.24) is 4.31 Å². The molecule has 1 heterocycles. The molecular weight excluding hydrogens is 238 g/mol. The van der Waals surface area contributed by atoms with E-state index >= 15 is 0 Å². The van der Waals surface area contributed by atoms with Gasteiger partial charge in [0.15, 0.2) is 0 Å².